The maximum absolute atomic E-state index is 12.0. The summed E-state index contributed by atoms with van der Waals surface area (Å²) in [4.78, 5) is 14.1. The molecule has 0 bridgehead atoms. The molecule has 1 aliphatic heterocycles. The van der Waals surface area contributed by atoms with Crippen molar-refractivity contribution in [2.75, 3.05) is 24.6 Å². The molecule has 0 N–H and O–H groups in total. The Morgan fingerprint density at radius 2 is 1.96 bits per heavy atom. The molecule has 2 rings (SSSR count). The van der Waals surface area contributed by atoms with E-state index >= 15 is 0 Å². The lowest BCUT2D eigenvalue weighted by atomic mass is 10.0. The Morgan fingerprint density at radius 1 is 1.24 bits per heavy atom. The molecule has 0 unspecified atom stereocenters. The molecule has 0 atom stereocenters. The summed E-state index contributed by atoms with van der Waals surface area (Å²) in [6.07, 6.45) is 1.61. The van der Waals surface area contributed by atoms with Gasteiger partial charge in [0, 0.05) is 30.4 Å². The number of hydrogen-bond acceptors (Lipinski definition) is 6. The van der Waals surface area contributed by atoms with Gasteiger partial charge in [-0.1, -0.05) is 0 Å². The van der Waals surface area contributed by atoms with E-state index in [-0.39, 0.29) is 23.5 Å². The second kappa shape index (κ2) is 8.03. The maximum atomic E-state index is 12.0. The molecule has 128 valence electrons. The number of anilines is 1. The Balaban J connectivity index is 2.55. The van der Waals surface area contributed by atoms with Gasteiger partial charge in [-0.15, -0.1) is 0 Å². The Kier molecular flexibility index (Phi) is 5.81. The molecule has 0 radical (unpaired) electrons. The summed E-state index contributed by atoms with van der Waals surface area (Å²) in [7, 11) is 0. The van der Waals surface area contributed by atoms with E-state index in [1.165, 1.54) is 0 Å². The molecule has 0 aliphatic carbocycles. The highest BCUT2D eigenvalue weighted by atomic mass is 16.5. The highest BCUT2D eigenvalue weighted by Crippen LogP contribution is 2.35. The van der Waals surface area contributed by atoms with Crippen molar-refractivity contribution < 1.29 is 14.3 Å². The van der Waals surface area contributed by atoms with Crippen molar-refractivity contribution in [2.24, 2.45) is 0 Å². The molecule has 0 spiro atoms. The van der Waals surface area contributed by atoms with Crippen molar-refractivity contribution in [3.63, 3.8) is 0 Å². The molecule has 0 amide bonds. The number of ether oxygens (including phenoxy) is 2. The van der Waals surface area contributed by atoms with Crippen LogP contribution in [0.15, 0.2) is 35.1 Å². The molecular weight excluding hydrogens is 318 g/mol. The van der Waals surface area contributed by atoms with Crippen LogP contribution in [0.5, 0.6) is 5.75 Å². The Hall–Kier alpha value is -3.25. The average Bonchev–Trinajstić information content (AvgIpc) is 2.63. The van der Waals surface area contributed by atoms with Crippen LogP contribution in [-0.4, -0.2) is 25.7 Å². The van der Waals surface area contributed by atoms with E-state index in [0.717, 1.165) is 24.3 Å². The summed E-state index contributed by atoms with van der Waals surface area (Å²) >= 11 is 0. The summed E-state index contributed by atoms with van der Waals surface area (Å²) in [5.41, 5.74) is 1.49. The third-order valence-electron chi connectivity index (χ3n) is 3.82. The van der Waals surface area contributed by atoms with Gasteiger partial charge in [-0.2, -0.15) is 10.5 Å². The lowest BCUT2D eigenvalue weighted by Crippen LogP contribution is -2.22. The van der Waals surface area contributed by atoms with Crippen LogP contribution >= 0.6 is 0 Å². The molecule has 0 fully saturated rings. The van der Waals surface area contributed by atoms with Gasteiger partial charge < -0.3 is 14.4 Å². The van der Waals surface area contributed by atoms with Gasteiger partial charge in [0.25, 0.3) is 0 Å². The molecule has 1 heterocycles. The number of carbonyl (C=O) groups excluding carboxylic acids is 1. The van der Waals surface area contributed by atoms with Gasteiger partial charge in [0.1, 0.15) is 17.9 Å². The first-order valence-electron chi connectivity index (χ1n) is 8.10. The standard InChI is InChI=1S/C19H19N3O3/c1-4-22(5-2)15-8-7-13-9-14(11-20)18(25-17(13)10-15)16(12-21)19(23)24-6-3/h7-10H,4-6H2,1-3H3/b18-16-. The number of allylic oxidation sites excluding steroid dienone is 1. The highest BCUT2D eigenvalue weighted by molar-refractivity contribution is 5.95. The van der Waals surface area contributed by atoms with Gasteiger partial charge in [0.05, 0.1) is 12.2 Å². The number of nitriles is 2. The second-order valence-corrected chi connectivity index (χ2v) is 5.20. The third-order valence-corrected chi connectivity index (χ3v) is 3.82. The van der Waals surface area contributed by atoms with Crippen molar-refractivity contribution in [1.29, 1.82) is 10.5 Å². The predicted octanol–water partition coefficient (Wildman–Crippen LogP) is 3.17. The van der Waals surface area contributed by atoms with E-state index in [9.17, 15) is 15.3 Å². The zero-order valence-corrected chi connectivity index (χ0v) is 14.5. The minimum absolute atomic E-state index is 0.0624. The molecule has 1 aliphatic rings. The van der Waals surface area contributed by atoms with Crippen LogP contribution < -0.4 is 9.64 Å². The van der Waals surface area contributed by atoms with Crippen LogP contribution in [0.1, 0.15) is 26.3 Å². The van der Waals surface area contributed by atoms with Gasteiger partial charge in [-0.25, -0.2) is 4.79 Å². The molecular formula is C19H19N3O3. The normalized spacial score (nSPS) is 14.2. The van der Waals surface area contributed by atoms with Crippen molar-refractivity contribution in [3.05, 3.63) is 40.7 Å². The monoisotopic (exact) mass is 337 g/mol. The van der Waals surface area contributed by atoms with Crippen molar-refractivity contribution >= 4 is 17.7 Å². The van der Waals surface area contributed by atoms with E-state index in [1.54, 1.807) is 19.1 Å². The number of hydrogen-bond donors (Lipinski definition) is 0. The van der Waals surface area contributed by atoms with Crippen molar-refractivity contribution in [1.82, 2.24) is 0 Å². The second-order valence-electron chi connectivity index (χ2n) is 5.20. The van der Waals surface area contributed by atoms with E-state index in [0.29, 0.717) is 5.75 Å². The van der Waals surface area contributed by atoms with Crippen molar-refractivity contribution in [2.45, 2.75) is 20.8 Å². The lowest BCUT2D eigenvalue weighted by molar-refractivity contribution is -0.138. The van der Waals surface area contributed by atoms with Gasteiger partial charge >= 0.3 is 5.97 Å². The van der Waals surface area contributed by atoms with Crippen LogP contribution in [0.2, 0.25) is 0 Å². The number of fused-ring (bicyclic) bond motifs is 1. The smallest absolute Gasteiger partial charge is 0.352 e. The van der Waals surface area contributed by atoms with E-state index in [4.69, 9.17) is 9.47 Å². The summed E-state index contributed by atoms with van der Waals surface area (Å²) in [5, 5.41) is 18.7. The minimum atomic E-state index is -0.801. The van der Waals surface area contributed by atoms with Gasteiger partial charge in [0.2, 0.25) is 0 Å². The fourth-order valence-corrected chi connectivity index (χ4v) is 2.56. The molecule has 25 heavy (non-hydrogen) atoms. The van der Waals surface area contributed by atoms with E-state index in [2.05, 4.69) is 18.7 Å². The van der Waals surface area contributed by atoms with Gasteiger partial charge in [-0.3, -0.25) is 0 Å². The lowest BCUT2D eigenvalue weighted by Gasteiger charge is -2.24. The molecule has 6 heteroatoms. The summed E-state index contributed by atoms with van der Waals surface area (Å²) in [6.45, 7) is 7.55. The zero-order valence-electron chi connectivity index (χ0n) is 14.5. The van der Waals surface area contributed by atoms with Crippen LogP contribution in [0.25, 0.3) is 6.08 Å². The van der Waals surface area contributed by atoms with Crippen molar-refractivity contribution in [3.8, 4) is 17.9 Å². The summed E-state index contributed by atoms with van der Waals surface area (Å²) < 4.78 is 10.7. The maximum Gasteiger partial charge on any atom is 0.352 e. The quantitative estimate of drug-likeness (QED) is 0.466. The van der Waals surface area contributed by atoms with Crippen LogP contribution in [0, 0.1) is 22.7 Å². The third kappa shape index (κ3) is 3.64. The van der Waals surface area contributed by atoms with Crippen LogP contribution in [0.3, 0.4) is 0 Å². The number of carbonyl (C=O) groups is 1. The van der Waals surface area contributed by atoms with Crippen LogP contribution in [-0.2, 0) is 9.53 Å². The highest BCUT2D eigenvalue weighted by Gasteiger charge is 2.26. The molecule has 1 aromatic carbocycles. The predicted molar refractivity (Wildman–Crippen MR) is 93.5 cm³/mol. The number of benzene rings is 1. The van der Waals surface area contributed by atoms with Gasteiger partial charge in [-0.05, 0) is 39.0 Å². The van der Waals surface area contributed by atoms with E-state index < -0.39 is 5.97 Å². The number of nitrogens with zero attached hydrogens (tertiary/aromatic N) is 3. The van der Waals surface area contributed by atoms with Crippen LogP contribution in [0.4, 0.5) is 5.69 Å². The topological polar surface area (TPSA) is 86.4 Å². The first kappa shape index (κ1) is 18.1. The molecule has 0 saturated heterocycles. The first-order valence-corrected chi connectivity index (χ1v) is 8.10. The van der Waals surface area contributed by atoms with Gasteiger partial charge in [0.15, 0.2) is 11.3 Å². The number of esters is 1. The minimum Gasteiger partial charge on any atom is -0.462 e. The fourth-order valence-electron chi connectivity index (χ4n) is 2.56. The number of rotatable bonds is 5. The fraction of sp³-hybridized carbons (Fsp3) is 0.316. The molecule has 1 aromatic rings. The Bertz CT molecular complexity index is 821. The molecule has 6 nitrogen and oxygen atoms in total. The molecule has 0 aromatic heterocycles. The largest absolute Gasteiger partial charge is 0.462 e. The Labute approximate surface area is 147 Å². The molecule has 0 saturated carbocycles. The average molecular weight is 337 g/mol. The summed E-state index contributed by atoms with van der Waals surface area (Å²) in [6, 6.07) is 9.41. The SMILES string of the molecule is CCOC(=O)/C(C#N)=C1\Oc2cc(N(CC)CC)ccc2C=C1C#N. The Morgan fingerprint density at radius 3 is 2.52 bits per heavy atom. The first-order chi connectivity index (χ1) is 12.1. The zero-order chi connectivity index (χ0) is 18.4. The van der Waals surface area contributed by atoms with E-state index in [1.807, 2.05) is 24.3 Å². The summed E-state index contributed by atoms with van der Waals surface area (Å²) in [5.74, 6) is -0.368.